The number of nitrogens with one attached hydrogen (secondary N) is 1. The summed E-state index contributed by atoms with van der Waals surface area (Å²) in [6, 6.07) is 1.27. The Bertz CT molecular complexity index is 160. The second kappa shape index (κ2) is 11.0. The average Bonchev–Trinajstić information content (AvgIpc) is 2.34. The van der Waals surface area contributed by atoms with E-state index in [1.807, 2.05) is 0 Å². The van der Waals surface area contributed by atoms with Crippen LogP contribution >= 0.6 is 0 Å². The molecule has 0 aromatic carbocycles. The number of hydrogen-bond donors (Lipinski definition) is 1. The van der Waals surface area contributed by atoms with Gasteiger partial charge in [-0.1, -0.05) is 20.8 Å². The van der Waals surface area contributed by atoms with Crippen molar-refractivity contribution >= 4 is 0 Å². The van der Waals surface area contributed by atoms with Crippen molar-refractivity contribution in [2.75, 3.05) is 33.4 Å². The minimum atomic E-state index is 0.585. The number of hydrogen-bond acceptors (Lipinski definition) is 3. The Labute approximate surface area is 108 Å². The van der Waals surface area contributed by atoms with Crippen molar-refractivity contribution in [2.24, 2.45) is 0 Å². The minimum absolute atomic E-state index is 0.585. The molecule has 3 heteroatoms. The first-order valence-corrected chi connectivity index (χ1v) is 7.16. The normalized spacial score (nSPS) is 13.6. The van der Waals surface area contributed by atoms with Gasteiger partial charge in [0.1, 0.15) is 0 Å². The Morgan fingerprint density at radius 3 is 2.29 bits per heavy atom. The van der Waals surface area contributed by atoms with Crippen LogP contribution in [-0.2, 0) is 4.74 Å². The highest BCUT2D eigenvalue weighted by Gasteiger charge is 2.20. The highest BCUT2D eigenvalue weighted by atomic mass is 16.5. The van der Waals surface area contributed by atoms with Crippen LogP contribution in [0.25, 0.3) is 0 Å². The summed E-state index contributed by atoms with van der Waals surface area (Å²) in [6.07, 6.45) is 3.65. The molecule has 104 valence electrons. The lowest BCUT2D eigenvalue weighted by atomic mass is 10.1. The van der Waals surface area contributed by atoms with Gasteiger partial charge in [0, 0.05) is 32.3 Å². The molecule has 0 aromatic heterocycles. The van der Waals surface area contributed by atoms with Gasteiger partial charge in [-0.25, -0.2) is 0 Å². The molecule has 3 nitrogen and oxygen atoms in total. The molecular formula is C14H32N2O. The van der Waals surface area contributed by atoms with Crippen LogP contribution in [0.3, 0.4) is 0 Å². The molecule has 1 N–H and O–H groups in total. The van der Waals surface area contributed by atoms with Crippen LogP contribution in [-0.4, -0.2) is 50.3 Å². The molecular weight excluding hydrogens is 212 g/mol. The molecule has 0 spiro atoms. The van der Waals surface area contributed by atoms with Crippen molar-refractivity contribution < 1.29 is 4.74 Å². The molecule has 0 saturated heterocycles. The first kappa shape index (κ1) is 16.9. The molecule has 0 aliphatic rings. The van der Waals surface area contributed by atoms with Crippen LogP contribution in [0.15, 0.2) is 0 Å². The Hall–Kier alpha value is -0.120. The summed E-state index contributed by atoms with van der Waals surface area (Å²) in [5, 5.41) is 3.51. The lowest BCUT2D eigenvalue weighted by molar-refractivity contribution is 0.0852. The van der Waals surface area contributed by atoms with Crippen molar-refractivity contribution in [1.29, 1.82) is 0 Å². The largest absolute Gasteiger partial charge is 0.383 e. The number of ether oxygens (including phenoxy) is 1. The van der Waals surface area contributed by atoms with Crippen molar-refractivity contribution in [1.82, 2.24) is 10.2 Å². The van der Waals surface area contributed by atoms with Gasteiger partial charge in [0.25, 0.3) is 0 Å². The standard InChI is InChI=1S/C14H32N2O/c1-6-9-15-12-13(4)16(10-11-17-5)14(7-2)8-3/h13-15H,6-12H2,1-5H3. The Morgan fingerprint density at radius 1 is 1.18 bits per heavy atom. The third-order valence-electron chi connectivity index (χ3n) is 3.40. The first-order valence-electron chi connectivity index (χ1n) is 7.16. The van der Waals surface area contributed by atoms with Gasteiger partial charge >= 0.3 is 0 Å². The van der Waals surface area contributed by atoms with Crippen LogP contribution in [0, 0.1) is 0 Å². The Balaban J connectivity index is 4.22. The van der Waals surface area contributed by atoms with E-state index in [2.05, 4.69) is 37.9 Å². The van der Waals surface area contributed by atoms with E-state index >= 15 is 0 Å². The predicted molar refractivity (Wildman–Crippen MR) is 75.6 cm³/mol. The third kappa shape index (κ3) is 7.02. The SMILES string of the molecule is CCCNCC(C)N(CCOC)C(CC)CC. The van der Waals surface area contributed by atoms with Gasteiger partial charge in [-0.2, -0.15) is 0 Å². The van der Waals surface area contributed by atoms with Crippen LogP contribution < -0.4 is 5.32 Å². The van der Waals surface area contributed by atoms with E-state index in [1.54, 1.807) is 7.11 Å². The fraction of sp³-hybridized carbons (Fsp3) is 1.00. The Kier molecular flexibility index (Phi) is 10.9. The molecule has 0 aliphatic carbocycles. The zero-order valence-corrected chi connectivity index (χ0v) is 12.5. The molecule has 0 bridgehead atoms. The number of rotatable bonds is 11. The van der Waals surface area contributed by atoms with Gasteiger partial charge in [-0.05, 0) is 32.7 Å². The van der Waals surface area contributed by atoms with Crippen LogP contribution in [0.2, 0.25) is 0 Å². The number of nitrogens with zero attached hydrogens (tertiary/aromatic N) is 1. The summed E-state index contributed by atoms with van der Waals surface area (Å²) in [5.74, 6) is 0. The van der Waals surface area contributed by atoms with E-state index in [4.69, 9.17) is 4.74 Å². The molecule has 0 rings (SSSR count). The summed E-state index contributed by atoms with van der Waals surface area (Å²) < 4.78 is 5.23. The smallest absolute Gasteiger partial charge is 0.0589 e. The van der Waals surface area contributed by atoms with Gasteiger partial charge in [0.05, 0.1) is 6.61 Å². The van der Waals surface area contributed by atoms with Crippen LogP contribution in [0.5, 0.6) is 0 Å². The molecule has 0 heterocycles. The molecule has 0 fully saturated rings. The fourth-order valence-electron chi connectivity index (χ4n) is 2.32. The maximum Gasteiger partial charge on any atom is 0.0589 e. The summed E-state index contributed by atoms with van der Waals surface area (Å²) in [4.78, 5) is 2.59. The molecule has 0 aromatic rings. The van der Waals surface area contributed by atoms with E-state index in [-0.39, 0.29) is 0 Å². The van der Waals surface area contributed by atoms with E-state index in [0.29, 0.717) is 12.1 Å². The Morgan fingerprint density at radius 2 is 1.82 bits per heavy atom. The second-order valence-electron chi connectivity index (χ2n) is 4.75. The van der Waals surface area contributed by atoms with Gasteiger partial charge in [-0.15, -0.1) is 0 Å². The maximum atomic E-state index is 5.23. The van der Waals surface area contributed by atoms with Crippen molar-refractivity contribution in [3.8, 4) is 0 Å². The summed E-state index contributed by atoms with van der Waals surface area (Å²) in [7, 11) is 1.78. The molecule has 0 radical (unpaired) electrons. The van der Waals surface area contributed by atoms with Crippen molar-refractivity contribution in [2.45, 2.75) is 59.0 Å². The molecule has 17 heavy (non-hydrogen) atoms. The molecule has 0 amide bonds. The molecule has 1 unspecified atom stereocenters. The minimum Gasteiger partial charge on any atom is -0.383 e. The van der Waals surface area contributed by atoms with Crippen LogP contribution in [0.1, 0.15) is 47.0 Å². The first-order chi connectivity index (χ1) is 8.21. The average molecular weight is 244 g/mol. The zero-order valence-electron chi connectivity index (χ0n) is 12.5. The van der Waals surface area contributed by atoms with Gasteiger partial charge in [0.15, 0.2) is 0 Å². The third-order valence-corrected chi connectivity index (χ3v) is 3.40. The maximum absolute atomic E-state index is 5.23. The van der Waals surface area contributed by atoms with Gasteiger partial charge < -0.3 is 10.1 Å². The van der Waals surface area contributed by atoms with Crippen molar-refractivity contribution in [3.05, 3.63) is 0 Å². The second-order valence-corrected chi connectivity index (χ2v) is 4.75. The van der Waals surface area contributed by atoms with Crippen molar-refractivity contribution in [3.63, 3.8) is 0 Å². The van der Waals surface area contributed by atoms with Gasteiger partial charge in [-0.3, -0.25) is 4.90 Å². The molecule has 1 atom stereocenters. The van der Waals surface area contributed by atoms with E-state index < -0.39 is 0 Å². The summed E-state index contributed by atoms with van der Waals surface area (Å²) >= 11 is 0. The highest BCUT2D eigenvalue weighted by Crippen LogP contribution is 2.12. The lowest BCUT2D eigenvalue weighted by Crippen LogP contribution is -2.47. The summed E-state index contributed by atoms with van der Waals surface area (Å²) in [6.45, 7) is 13.1. The predicted octanol–water partition coefficient (Wildman–Crippen LogP) is 2.51. The van der Waals surface area contributed by atoms with E-state index in [9.17, 15) is 0 Å². The van der Waals surface area contributed by atoms with Gasteiger partial charge in [0.2, 0.25) is 0 Å². The lowest BCUT2D eigenvalue weighted by Gasteiger charge is -2.35. The summed E-state index contributed by atoms with van der Waals surface area (Å²) in [5.41, 5.74) is 0. The highest BCUT2D eigenvalue weighted by molar-refractivity contribution is 4.76. The number of methoxy groups -OCH3 is 1. The molecule has 0 aliphatic heterocycles. The molecule has 0 saturated carbocycles. The quantitative estimate of drug-likeness (QED) is 0.565. The van der Waals surface area contributed by atoms with Crippen LogP contribution in [0.4, 0.5) is 0 Å². The zero-order chi connectivity index (χ0) is 13.1. The fourth-order valence-corrected chi connectivity index (χ4v) is 2.32. The van der Waals surface area contributed by atoms with E-state index in [1.165, 1.54) is 19.3 Å². The monoisotopic (exact) mass is 244 g/mol. The van der Waals surface area contributed by atoms with E-state index in [0.717, 1.165) is 26.2 Å². The topological polar surface area (TPSA) is 24.5 Å².